The van der Waals surface area contributed by atoms with Gasteiger partial charge < -0.3 is 20.5 Å². The van der Waals surface area contributed by atoms with E-state index < -0.39 is 0 Å². The molecule has 0 saturated heterocycles. The second-order valence-corrected chi connectivity index (χ2v) is 7.05. The molecule has 0 bridgehead atoms. The number of benzene rings is 1. The standard InChI is InChI=1S/C17H19N3O3S.2ClH/c18-13(10-1-2-10)7-19-16(21)6-12-8-24-17(20-12)11-3-4-14-15(5-11)23-9-22-14;;/h3-5,8,10,13H,1-2,6-7,9,18H2,(H,19,21);2*1H. The zero-order chi connectivity index (χ0) is 16.5. The molecular weight excluding hydrogens is 397 g/mol. The summed E-state index contributed by atoms with van der Waals surface area (Å²) in [6, 6.07) is 5.82. The van der Waals surface area contributed by atoms with E-state index in [4.69, 9.17) is 15.2 Å². The third kappa shape index (κ3) is 4.79. The average molecular weight is 418 g/mol. The topological polar surface area (TPSA) is 86.5 Å². The van der Waals surface area contributed by atoms with E-state index in [0.717, 1.165) is 27.8 Å². The number of aromatic nitrogens is 1. The summed E-state index contributed by atoms with van der Waals surface area (Å²) in [5.41, 5.74) is 7.73. The van der Waals surface area contributed by atoms with E-state index in [1.54, 1.807) is 0 Å². The van der Waals surface area contributed by atoms with Gasteiger partial charge in [0.1, 0.15) is 5.01 Å². The zero-order valence-electron chi connectivity index (χ0n) is 14.0. The lowest BCUT2D eigenvalue weighted by Gasteiger charge is -2.10. The Balaban J connectivity index is 0.00000121. The van der Waals surface area contributed by atoms with Crippen molar-refractivity contribution in [3.05, 3.63) is 29.3 Å². The first kappa shape index (κ1) is 20.8. The quantitative estimate of drug-likeness (QED) is 0.754. The van der Waals surface area contributed by atoms with Crippen LogP contribution >= 0.6 is 36.2 Å². The monoisotopic (exact) mass is 417 g/mol. The van der Waals surface area contributed by atoms with Gasteiger partial charge in [0.2, 0.25) is 12.7 Å². The van der Waals surface area contributed by atoms with Crippen molar-refractivity contribution in [3.8, 4) is 22.1 Å². The maximum absolute atomic E-state index is 12.0. The first-order valence-corrected chi connectivity index (χ1v) is 8.94. The van der Waals surface area contributed by atoms with Crippen LogP contribution in [0.5, 0.6) is 11.5 Å². The van der Waals surface area contributed by atoms with Crippen molar-refractivity contribution in [1.82, 2.24) is 10.3 Å². The molecule has 4 rings (SSSR count). The summed E-state index contributed by atoms with van der Waals surface area (Å²) in [6.07, 6.45) is 2.64. The minimum atomic E-state index is -0.0337. The number of rotatable bonds is 6. The van der Waals surface area contributed by atoms with Gasteiger partial charge in [0.25, 0.3) is 0 Å². The van der Waals surface area contributed by atoms with Gasteiger partial charge in [-0.3, -0.25) is 4.79 Å². The molecule has 1 fully saturated rings. The van der Waals surface area contributed by atoms with Crippen LogP contribution in [0.2, 0.25) is 0 Å². The molecule has 2 aliphatic rings. The predicted molar refractivity (Wildman–Crippen MR) is 106 cm³/mol. The Morgan fingerprint density at radius 1 is 1.31 bits per heavy atom. The van der Waals surface area contributed by atoms with E-state index in [2.05, 4.69) is 10.3 Å². The number of halogens is 2. The Morgan fingerprint density at radius 3 is 2.85 bits per heavy atom. The van der Waals surface area contributed by atoms with Crippen molar-refractivity contribution in [2.45, 2.75) is 25.3 Å². The molecule has 1 saturated carbocycles. The fourth-order valence-electron chi connectivity index (χ4n) is 2.70. The van der Waals surface area contributed by atoms with E-state index >= 15 is 0 Å². The molecule has 1 aromatic heterocycles. The molecule has 0 spiro atoms. The highest BCUT2D eigenvalue weighted by Crippen LogP contribution is 2.36. The van der Waals surface area contributed by atoms with Gasteiger partial charge in [-0.2, -0.15) is 0 Å². The predicted octanol–water partition coefficient (Wildman–Crippen LogP) is 2.78. The maximum atomic E-state index is 12.0. The summed E-state index contributed by atoms with van der Waals surface area (Å²) in [7, 11) is 0. The van der Waals surface area contributed by atoms with Crippen molar-refractivity contribution in [1.29, 1.82) is 0 Å². The summed E-state index contributed by atoms with van der Waals surface area (Å²) in [6.45, 7) is 0.799. The molecule has 2 aromatic rings. The molecule has 1 amide bonds. The van der Waals surface area contributed by atoms with Crippen LogP contribution in [0.3, 0.4) is 0 Å². The Hall–Kier alpha value is -1.54. The van der Waals surface area contributed by atoms with Gasteiger partial charge in [0.15, 0.2) is 11.5 Å². The number of hydrogen-bond donors (Lipinski definition) is 2. The minimum Gasteiger partial charge on any atom is -0.454 e. The van der Waals surface area contributed by atoms with Gasteiger partial charge in [0.05, 0.1) is 12.1 Å². The van der Waals surface area contributed by atoms with Crippen LogP contribution in [0, 0.1) is 5.92 Å². The molecule has 26 heavy (non-hydrogen) atoms. The summed E-state index contributed by atoms with van der Waals surface area (Å²) in [5.74, 6) is 2.04. The van der Waals surface area contributed by atoms with Gasteiger partial charge in [-0.1, -0.05) is 0 Å². The molecule has 9 heteroatoms. The maximum Gasteiger partial charge on any atom is 0.231 e. The molecular formula is C17H21Cl2N3O3S. The lowest BCUT2D eigenvalue weighted by molar-refractivity contribution is -0.120. The number of nitrogens with zero attached hydrogens (tertiary/aromatic N) is 1. The van der Waals surface area contributed by atoms with Crippen LogP contribution in [-0.2, 0) is 11.2 Å². The highest BCUT2D eigenvalue weighted by Gasteiger charge is 2.28. The Morgan fingerprint density at radius 2 is 2.08 bits per heavy atom. The lowest BCUT2D eigenvalue weighted by atomic mass is 10.2. The van der Waals surface area contributed by atoms with Crippen molar-refractivity contribution in [2.75, 3.05) is 13.3 Å². The SMILES string of the molecule is Cl.Cl.NC(CNC(=O)Cc1csc(-c2ccc3c(c2)OCO3)n1)C1CC1. The van der Waals surface area contributed by atoms with E-state index in [1.165, 1.54) is 24.2 Å². The van der Waals surface area contributed by atoms with Gasteiger partial charge >= 0.3 is 0 Å². The average Bonchev–Trinajstić information content (AvgIpc) is 3.15. The number of hydrogen-bond acceptors (Lipinski definition) is 6. The number of thiazole rings is 1. The smallest absolute Gasteiger partial charge is 0.231 e. The van der Waals surface area contributed by atoms with Crippen LogP contribution < -0.4 is 20.5 Å². The Labute approximate surface area is 168 Å². The number of carbonyl (C=O) groups is 1. The van der Waals surface area contributed by atoms with E-state index in [1.807, 2.05) is 23.6 Å². The van der Waals surface area contributed by atoms with Gasteiger partial charge in [-0.25, -0.2) is 4.98 Å². The molecule has 6 nitrogen and oxygen atoms in total. The van der Waals surface area contributed by atoms with Gasteiger partial charge in [-0.05, 0) is 37.0 Å². The third-order valence-electron chi connectivity index (χ3n) is 4.28. The van der Waals surface area contributed by atoms with Crippen molar-refractivity contribution >= 4 is 42.1 Å². The van der Waals surface area contributed by atoms with Crippen molar-refractivity contribution in [2.24, 2.45) is 11.7 Å². The molecule has 1 atom stereocenters. The molecule has 0 radical (unpaired) electrons. The Kier molecular flexibility index (Phi) is 7.11. The van der Waals surface area contributed by atoms with Crippen LogP contribution in [0.4, 0.5) is 0 Å². The molecule has 2 heterocycles. The molecule has 1 aromatic carbocycles. The van der Waals surface area contributed by atoms with Gasteiger partial charge in [-0.15, -0.1) is 36.2 Å². The second-order valence-electron chi connectivity index (χ2n) is 6.19. The van der Waals surface area contributed by atoms with Gasteiger partial charge in [0, 0.05) is 23.5 Å². The number of amides is 1. The van der Waals surface area contributed by atoms with E-state index in [0.29, 0.717) is 12.5 Å². The fraction of sp³-hybridized carbons (Fsp3) is 0.412. The summed E-state index contributed by atoms with van der Waals surface area (Å²) in [4.78, 5) is 16.6. The molecule has 1 aliphatic heterocycles. The number of nitrogens with two attached hydrogens (primary N) is 1. The van der Waals surface area contributed by atoms with E-state index in [9.17, 15) is 4.79 Å². The van der Waals surface area contributed by atoms with Crippen LogP contribution in [0.25, 0.3) is 10.6 Å². The third-order valence-corrected chi connectivity index (χ3v) is 5.22. The first-order chi connectivity index (χ1) is 11.7. The Bertz CT molecular complexity index is 767. The molecule has 1 aliphatic carbocycles. The number of fused-ring (bicyclic) bond motifs is 1. The van der Waals surface area contributed by atoms with Crippen LogP contribution in [0.1, 0.15) is 18.5 Å². The summed E-state index contributed by atoms with van der Waals surface area (Å²) < 4.78 is 10.7. The van der Waals surface area contributed by atoms with Crippen molar-refractivity contribution < 1.29 is 14.3 Å². The van der Waals surface area contributed by atoms with Crippen LogP contribution in [-0.4, -0.2) is 30.3 Å². The molecule has 1 unspecified atom stereocenters. The normalized spacial score (nSPS) is 15.6. The minimum absolute atomic E-state index is 0. The summed E-state index contributed by atoms with van der Waals surface area (Å²) >= 11 is 1.52. The molecule has 3 N–H and O–H groups in total. The van der Waals surface area contributed by atoms with Crippen LogP contribution in [0.15, 0.2) is 23.6 Å². The zero-order valence-corrected chi connectivity index (χ0v) is 16.4. The second kappa shape index (κ2) is 8.90. The number of nitrogens with one attached hydrogen (secondary N) is 1. The fourth-order valence-corrected chi connectivity index (χ4v) is 3.52. The highest BCUT2D eigenvalue weighted by molar-refractivity contribution is 7.13. The van der Waals surface area contributed by atoms with E-state index in [-0.39, 0.29) is 50.0 Å². The number of carbonyl (C=O) groups excluding carboxylic acids is 1. The van der Waals surface area contributed by atoms with Crippen molar-refractivity contribution in [3.63, 3.8) is 0 Å². The first-order valence-electron chi connectivity index (χ1n) is 8.06. The highest BCUT2D eigenvalue weighted by atomic mass is 35.5. The summed E-state index contributed by atoms with van der Waals surface area (Å²) in [5, 5.41) is 5.68. The number of ether oxygens (including phenoxy) is 2. The molecule has 142 valence electrons. The largest absolute Gasteiger partial charge is 0.454 e. The lowest BCUT2D eigenvalue weighted by Crippen LogP contribution is -2.39.